The van der Waals surface area contributed by atoms with Crippen molar-refractivity contribution < 1.29 is 17.6 Å². The van der Waals surface area contributed by atoms with Gasteiger partial charge in [0.15, 0.2) is 22.8 Å². The Morgan fingerprint density at radius 2 is 1.97 bits per heavy atom. The van der Waals surface area contributed by atoms with Gasteiger partial charge in [-0.15, -0.1) is 0 Å². The maximum Gasteiger partial charge on any atom is 0.312 e. The van der Waals surface area contributed by atoms with Crippen molar-refractivity contribution in [2.45, 2.75) is 32.7 Å². The zero-order chi connectivity index (χ0) is 20.9. The first-order valence-electron chi connectivity index (χ1n) is 8.96. The minimum absolute atomic E-state index is 0.0660. The first-order valence-corrected chi connectivity index (χ1v) is 10.7. The third-order valence-electron chi connectivity index (χ3n) is 5.10. The fourth-order valence-electron chi connectivity index (χ4n) is 3.65. The molecule has 3 aromatic rings. The van der Waals surface area contributed by atoms with Crippen molar-refractivity contribution in [3.05, 3.63) is 46.3 Å². The molecule has 0 spiro atoms. The highest BCUT2D eigenvalue weighted by Crippen LogP contribution is 2.28. The minimum Gasteiger partial charge on any atom is -0.382 e. The number of carbonyl (C=O) groups is 1. The van der Waals surface area contributed by atoms with Crippen molar-refractivity contribution >= 4 is 32.8 Å². The summed E-state index contributed by atoms with van der Waals surface area (Å²) in [5.41, 5.74) is 9.63. The Balaban J connectivity index is 1.82. The molecule has 4 rings (SSSR count). The predicted molar refractivity (Wildman–Crippen MR) is 104 cm³/mol. The molecule has 1 aliphatic carbocycles. The number of aryl methyl sites for hydroxylation is 3. The van der Waals surface area contributed by atoms with E-state index in [1.54, 1.807) is 0 Å². The van der Waals surface area contributed by atoms with E-state index in [2.05, 4.69) is 15.0 Å². The number of nitrogens with zero attached hydrogens (tertiary/aromatic N) is 4. The molecule has 0 aliphatic heterocycles. The van der Waals surface area contributed by atoms with E-state index in [9.17, 15) is 17.6 Å². The molecular formula is C18H19FN6O3S. The third kappa shape index (κ3) is 3.70. The molecular weight excluding hydrogens is 399 g/mol. The highest BCUT2D eigenvalue weighted by molar-refractivity contribution is 7.89. The lowest BCUT2D eigenvalue weighted by Gasteiger charge is -2.11. The zero-order valence-electron chi connectivity index (χ0n) is 15.6. The van der Waals surface area contributed by atoms with Crippen molar-refractivity contribution in [2.75, 3.05) is 11.5 Å². The molecule has 2 aromatic heterocycles. The second-order valence-electron chi connectivity index (χ2n) is 7.13. The van der Waals surface area contributed by atoms with Crippen LogP contribution in [-0.2, 0) is 29.4 Å². The van der Waals surface area contributed by atoms with Crippen molar-refractivity contribution in [3.63, 3.8) is 0 Å². The van der Waals surface area contributed by atoms with Crippen LogP contribution in [0.1, 0.15) is 39.3 Å². The number of rotatable bonds is 5. The molecule has 0 unspecified atom stereocenters. The van der Waals surface area contributed by atoms with Gasteiger partial charge in [-0.3, -0.25) is 4.79 Å². The van der Waals surface area contributed by atoms with Gasteiger partial charge < -0.3 is 10.3 Å². The summed E-state index contributed by atoms with van der Waals surface area (Å²) in [6, 6.07) is 3.83. The summed E-state index contributed by atoms with van der Waals surface area (Å²) in [4.78, 5) is 23.8. The normalized spacial score (nSPS) is 14.0. The number of primary sulfonamides is 1. The maximum atomic E-state index is 13.7. The molecule has 9 nitrogen and oxygen atoms in total. The highest BCUT2D eigenvalue weighted by Gasteiger charge is 2.23. The van der Waals surface area contributed by atoms with Crippen LogP contribution in [-0.4, -0.2) is 39.5 Å². The SMILES string of the molecule is Cc1cc2c(cc1Cc1nc3c(N)nc(F)nc3n1CCS(N)(=O)=O)C(=O)CC2. The van der Waals surface area contributed by atoms with Gasteiger partial charge in [0.05, 0.1) is 5.75 Å². The van der Waals surface area contributed by atoms with Crippen LogP contribution in [0.4, 0.5) is 10.2 Å². The molecule has 0 saturated carbocycles. The lowest BCUT2D eigenvalue weighted by Crippen LogP contribution is -2.21. The van der Waals surface area contributed by atoms with Gasteiger partial charge in [-0.05, 0) is 36.1 Å². The molecule has 11 heteroatoms. The van der Waals surface area contributed by atoms with E-state index in [0.717, 1.165) is 23.1 Å². The Hall–Kier alpha value is -2.92. The lowest BCUT2D eigenvalue weighted by molar-refractivity contribution is 0.0994. The van der Waals surface area contributed by atoms with Crippen LogP contribution in [0.2, 0.25) is 0 Å². The van der Waals surface area contributed by atoms with E-state index in [1.807, 2.05) is 19.1 Å². The number of nitrogen functional groups attached to an aromatic ring is 1. The number of Topliss-reactive ketones (excluding diaryl/α,β-unsaturated/α-hetero) is 1. The number of hydrogen-bond acceptors (Lipinski definition) is 7. The Bertz CT molecular complexity index is 1270. The van der Waals surface area contributed by atoms with E-state index in [-0.39, 0.29) is 41.5 Å². The summed E-state index contributed by atoms with van der Waals surface area (Å²) >= 11 is 0. The van der Waals surface area contributed by atoms with E-state index < -0.39 is 16.1 Å². The van der Waals surface area contributed by atoms with Crippen LogP contribution in [0.15, 0.2) is 12.1 Å². The van der Waals surface area contributed by atoms with Crippen LogP contribution < -0.4 is 10.9 Å². The van der Waals surface area contributed by atoms with Crippen LogP contribution in [0.5, 0.6) is 0 Å². The number of benzene rings is 1. The number of hydrogen-bond donors (Lipinski definition) is 2. The van der Waals surface area contributed by atoms with Crippen LogP contribution >= 0.6 is 0 Å². The molecule has 0 fully saturated rings. The van der Waals surface area contributed by atoms with Crippen molar-refractivity contribution in [1.82, 2.24) is 19.5 Å². The summed E-state index contributed by atoms with van der Waals surface area (Å²) in [6.07, 6.45) is 0.482. The molecule has 0 amide bonds. The van der Waals surface area contributed by atoms with Crippen LogP contribution in [0.25, 0.3) is 11.2 Å². The summed E-state index contributed by atoms with van der Waals surface area (Å²) in [5.74, 6) is 0.0208. The Kier molecular flexibility index (Phi) is 4.58. The molecule has 29 heavy (non-hydrogen) atoms. The number of imidazole rings is 1. The molecule has 0 bridgehead atoms. The number of carbonyl (C=O) groups excluding carboxylic acids is 1. The van der Waals surface area contributed by atoms with Crippen molar-refractivity contribution in [1.29, 1.82) is 0 Å². The average molecular weight is 418 g/mol. The van der Waals surface area contributed by atoms with Gasteiger partial charge in [0, 0.05) is 24.9 Å². The predicted octanol–water partition coefficient (Wildman–Crippen LogP) is 0.864. The summed E-state index contributed by atoms with van der Waals surface area (Å²) in [5, 5.41) is 5.13. The quantitative estimate of drug-likeness (QED) is 0.584. The van der Waals surface area contributed by atoms with Gasteiger partial charge in [0.1, 0.15) is 5.82 Å². The summed E-state index contributed by atoms with van der Waals surface area (Å²) < 4.78 is 38.1. The number of ketones is 1. The van der Waals surface area contributed by atoms with Crippen molar-refractivity contribution in [3.8, 4) is 0 Å². The second kappa shape index (κ2) is 6.85. The van der Waals surface area contributed by atoms with E-state index in [1.165, 1.54) is 4.57 Å². The smallest absolute Gasteiger partial charge is 0.312 e. The third-order valence-corrected chi connectivity index (χ3v) is 5.86. The molecule has 0 radical (unpaired) electrons. The lowest BCUT2D eigenvalue weighted by atomic mass is 9.98. The zero-order valence-corrected chi connectivity index (χ0v) is 16.5. The topological polar surface area (TPSA) is 147 Å². The van der Waals surface area contributed by atoms with Gasteiger partial charge in [-0.25, -0.2) is 18.5 Å². The van der Waals surface area contributed by atoms with Gasteiger partial charge in [0.25, 0.3) is 0 Å². The van der Waals surface area contributed by atoms with E-state index in [4.69, 9.17) is 10.9 Å². The Morgan fingerprint density at radius 1 is 1.21 bits per heavy atom. The Morgan fingerprint density at radius 3 is 2.69 bits per heavy atom. The van der Waals surface area contributed by atoms with Crippen molar-refractivity contribution in [2.24, 2.45) is 5.14 Å². The fourth-order valence-corrected chi connectivity index (χ4v) is 4.09. The first-order chi connectivity index (χ1) is 13.6. The largest absolute Gasteiger partial charge is 0.382 e. The standard InChI is InChI=1S/C18H19FN6O3S/c1-9-6-10-2-3-13(26)12(10)7-11(9)8-14-22-15-16(20)23-18(19)24-17(15)25(14)4-5-29(21,27)28/h6-7H,2-5,8H2,1H3,(H2,20,23,24)(H2,21,27,28). The fraction of sp³-hybridized carbons (Fsp3) is 0.333. The average Bonchev–Trinajstić information content (AvgIpc) is 3.14. The highest BCUT2D eigenvalue weighted by atomic mass is 32.2. The molecule has 0 saturated heterocycles. The first kappa shape index (κ1) is 19.4. The number of sulfonamides is 1. The number of aromatic nitrogens is 4. The van der Waals surface area contributed by atoms with Crippen LogP contribution in [0, 0.1) is 13.0 Å². The number of halogens is 1. The van der Waals surface area contributed by atoms with Gasteiger partial charge in [-0.1, -0.05) is 6.07 Å². The monoisotopic (exact) mass is 418 g/mol. The maximum absolute atomic E-state index is 13.7. The molecule has 152 valence electrons. The number of fused-ring (bicyclic) bond motifs is 2. The van der Waals surface area contributed by atoms with Gasteiger partial charge >= 0.3 is 6.08 Å². The molecule has 1 aromatic carbocycles. The molecule has 0 atom stereocenters. The van der Waals surface area contributed by atoms with E-state index >= 15 is 0 Å². The number of anilines is 1. The minimum atomic E-state index is -3.76. The Labute approximate surface area is 166 Å². The van der Waals surface area contributed by atoms with Gasteiger partial charge in [0.2, 0.25) is 10.0 Å². The molecule has 1 aliphatic rings. The summed E-state index contributed by atoms with van der Waals surface area (Å²) in [7, 11) is -3.76. The van der Waals surface area contributed by atoms with E-state index in [0.29, 0.717) is 17.8 Å². The molecule has 4 N–H and O–H groups in total. The van der Waals surface area contributed by atoms with Crippen LogP contribution in [0.3, 0.4) is 0 Å². The summed E-state index contributed by atoms with van der Waals surface area (Å²) in [6.45, 7) is 1.87. The number of nitrogens with two attached hydrogens (primary N) is 2. The molecule has 2 heterocycles. The second-order valence-corrected chi connectivity index (χ2v) is 8.87. The van der Waals surface area contributed by atoms with Gasteiger partial charge in [-0.2, -0.15) is 14.4 Å².